The van der Waals surface area contributed by atoms with E-state index in [2.05, 4.69) is 22.4 Å². The van der Waals surface area contributed by atoms with E-state index in [4.69, 9.17) is 0 Å². The van der Waals surface area contributed by atoms with Gasteiger partial charge in [0.1, 0.15) is 6.54 Å². The van der Waals surface area contributed by atoms with E-state index < -0.39 is 5.91 Å². The quantitative estimate of drug-likeness (QED) is 0.469. The standard InChI is InChI=1S/C25H21N3O3S/c29-22(14-28-23(30)19-8-4-5-9-20(19)24(28)31)27-25-26-21(15-32-25)18-12-10-17(11-13-18)16-6-2-1-3-7-16/h1-7,10-13,15,19-20H,8-9,14H2,(H,26,27,29)/t19-,20+. The van der Waals surface area contributed by atoms with Gasteiger partial charge >= 0.3 is 0 Å². The maximum atomic E-state index is 12.5. The predicted molar refractivity (Wildman–Crippen MR) is 124 cm³/mol. The first-order chi connectivity index (χ1) is 15.6. The third-order valence-electron chi connectivity index (χ3n) is 5.94. The van der Waals surface area contributed by atoms with E-state index in [9.17, 15) is 14.4 Å². The lowest BCUT2D eigenvalue weighted by Crippen LogP contribution is -2.38. The van der Waals surface area contributed by atoms with Crippen LogP contribution in [0.4, 0.5) is 5.13 Å². The first-order valence-electron chi connectivity index (χ1n) is 10.5. The molecule has 2 aliphatic rings. The highest BCUT2D eigenvalue weighted by atomic mass is 32.1. The minimum Gasteiger partial charge on any atom is -0.300 e. The van der Waals surface area contributed by atoms with Crippen LogP contribution in [0.15, 0.2) is 72.1 Å². The average Bonchev–Trinajstić information content (AvgIpc) is 3.39. The fourth-order valence-electron chi connectivity index (χ4n) is 4.26. The van der Waals surface area contributed by atoms with Crippen LogP contribution in [0.25, 0.3) is 22.4 Å². The smallest absolute Gasteiger partial charge is 0.246 e. The SMILES string of the molecule is O=C(CN1C(=O)[C@H]2CC=CC[C@H]2C1=O)Nc1nc(-c2ccc(-c3ccccc3)cc2)cs1. The van der Waals surface area contributed by atoms with Crippen molar-refractivity contribution in [2.24, 2.45) is 11.8 Å². The number of aromatic nitrogens is 1. The number of allylic oxidation sites excluding steroid dienone is 2. The summed E-state index contributed by atoms with van der Waals surface area (Å²) in [6.07, 6.45) is 4.98. The second-order valence-electron chi connectivity index (χ2n) is 7.95. The van der Waals surface area contributed by atoms with Gasteiger partial charge in [-0.3, -0.25) is 19.3 Å². The van der Waals surface area contributed by atoms with Crippen molar-refractivity contribution in [2.45, 2.75) is 12.8 Å². The monoisotopic (exact) mass is 443 g/mol. The Morgan fingerprint density at radius 2 is 1.50 bits per heavy atom. The zero-order valence-corrected chi connectivity index (χ0v) is 18.0. The molecular weight excluding hydrogens is 422 g/mol. The van der Waals surface area contributed by atoms with Crippen LogP contribution in [-0.2, 0) is 14.4 Å². The summed E-state index contributed by atoms with van der Waals surface area (Å²) >= 11 is 1.31. The maximum absolute atomic E-state index is 12.5. The molecule has 1 aliphatic heterocycles. The van der Waals surface area contributed by atoms with Crippen molar-refractivity contribution in [1.29, 1.82) is 0 Å². The Balaban J connectivity index is 1.23. The van der Waals surface area contributed by atoms with Crippen molar-refractivity contribution in [2.75, 3.05) is 11.9 Å². The summed E-state index contributed by atoms with van der Waals surface area (Å²) in [6.45, 7) is -0.272. The molecular formula is C25H21N3O3S. The summed E-state index contributed by atoms with van der Waals surface area (Å²) < 4.78 is 0. The molecule has 1 saturated heterocycles. The molecule has 0 radical (unpaired) electrons. The van der Waals surface area contributed by atoms with Gasteiger partial charge in [0.05, 0.1) is 17.5 Å². The summed E-state index contributed by atoms with van der Waals surface area (Å²) in [5.74, 6) is -1.58. The van der Waals surface area contributed by atoms with Crippen LogP contribution < -0.4 is 5.32 Å². The zero-order valence-electron chi connectivity index (χ0n) is 17.2. The van der Waals surface area contributed by atoms with Crippen molar-refractivity contribution in [3.8, 4) is 22.4 Å². The maximum Gasteiger partial charge on any atom is 0.246 e. The lowest BCUT2D eigenvalue weighted by molar-refractivity contribution is -0.142. The Labute approximate surface area is 189 Å². The van der Waals surface area contributed by atoms with Gasteiger partial charge in [-0.15, -0.1) is 11.3 Å². The summed E-state index contributed by atoms with van der Waals surface area (Å²) in [4.78, 5) is 43.2. The number of nitrogens with one attached hydrogen (secondary N) is 1. The van der Waals surface area contributed by atoms with E-state index in [0.717, 1.165) is 27.3 Å². The number of carbonyl (C=O) groups is 3. The molecule has 160 valence electrons. The molecule has 1 aliphatic carbocycles. The fourth-order valence-corrected chi connectivity index (χ4v) is 4.99. The molecule has 1 fully saturated rings. The largest absolute Gasteiger partial charge is 0.300 e. The number of benzene rings is 2. The minimum atomic E-state index is -0.418. The van der Waals surface area contributed by atoms with E-state index in [1.54, 1.807) is 0 Å². The number of anilines is 1. The van der Waals surface area contributed by atoms with Gasteiger partial charge in [-0.1, -0.05) is 66.7 Å². The van der Waals surface area contributed by atoms with Crippen molar-refractivity contribution < 1.29 is 14.4 Å². The molecule has 1 N–H and O–H groups in total. The Morgan fingerprint density at radius 1 is 0.906 bits per heavy atom. The van der Waals surface area contributed by atoms with Gasteiger partial charge in [0.15, 0.2) is 5.13 Å². The number of hydrogen-bond acceptors (Lipinski definition) is 5. The number of rotatable bonds is 5. The Hall–Kier alpha value is -3.58. The van der Waals surface area contributed by atoms with Gasteiger partial charge < -0.3 is 5.32 Å². The van der Waals surface area contributed by atoms with Crippen molar-refractivity contribution in [3.05, 3.63) is 72.1 Å². The first-order valence-corrected chi connectivity index (χ1v) is 11.4. The Kier molecular flexibility index (Phi) is 5.41. The van der Waals surface area contributed by atoms with Crippen LogP contribution in [0.5, 0.6) is 0 Å². The van der Waals surface area contributed by atoms with Crippen LogP contribution in [0, 0.1) is 11.8 Å². The van der Waals surface area contributed by atoms with Crippen LogP contribution in [-0.4, -0.2) is 34.2 Å². The van der Waals surface area contributed by atoms with E-state index in [1.807, 2.05) is 60.0 Å². The lowest BCUT2D eigenvalue weighted by Gasteiger charge is -2.14. The van der Waals surface area contributed by atoms with Gasteiger partial charge in [-0.25, -0.2) is 4.98 Å². The number of likely N-dealkylation sites (tertiary alicyclic amines) is 1. The predicted octanol–water partition coefficient (Wildman–Crippen LogP) is 4.37. The van der Waals surface area contributed by atoms with Crippen molar-refractivity contribution in [1.82, 2.24) is 9.88 Å². The number of hydrogen-bond donors (Lipinski definition) is 1. The number of carbonyl (C=O) groups excluding carboxylic acids is 3. The highest BCUT2D eigenvalue weighted by Crippen LogP contribution is 2.35. The number of amides is 3. The molecule has 0 bridgehead atoms. The molecule has 0 unspecified atom stereocenters. The molecule has 6 nitrogen and oxygen atoms in total. The van der Waals surface area contributed by atoms with Crippen LogP contribution in [0.3, 0.4) is 0 Å². The average molecular weight is 444 g/mol. The molecule has 5 rings (SSSR count). The minimum absolute atomic E-state index is 0.252. The number of imide groups is 1. The zero-order chi connectivity index (χ0) is 22.1. The van der Waals surface area contributed by atoms with E-state index >= 15 is 0 Å². The second-order valence-corrected chi connectivity index (χ2v) is 8.81. The van der Waals surface area contributed by atoms with Crippen molar-refractivity contribution in [3.63, 3.8) is 0 Å². The summed E-state index contributed by atoms with van der Waals surface area (Å²) in [7, 11) is 0. The molecule has 2 aromatic carbocycles. The van der Waals surface area contributed by atoms with Gasteiger partial charge in [0, 0.05) is 10.9 Å². The molecule has 3 amide bonds. The summed E-state index contributed by atoms with van der Waals surface area (Å²) in [5.41, 5.74) is 3.97. The lowest BCUT2D eigenvalue weighted by atomic mass is 9.85. The first kappa shape index (κ1) is 20.3. The van der Waals surface area contributed by atoms with Crippen molar-refractivity contribution >= 4 is 34.2 Å². The molecule has 0 saturated carbocycles. The second kappa shape index (κ2) is 8.51. The van der Waals surface area contributed by atoms with Crippen LogP contribution >= 0.6 is 11.3 Å². The molecule has 3 aromatic rings. The Morgan fingerprint density at radius 3 is 2.16 bits per heavy atom. The molecule has 2 atom stereocenters. The Bertz CT molecular complexity index is 1170. The molecule has 32 heavy (non-hydrogen) atoms. The topological polar surface area (TPSA) is 79.4 Å². The fraction of sp³-hybridized carbons (Fsp3) is 0.200. The summed E-state index contributed by atoms with van der Waals surface area (Å²) in [5, 5.41) is 5.04. The van der Waals surface area contributed by atoms with Gasteiger partial charge in [-0.2, -0.15) is 0 Å². The van der Waals surface area contributed by atoms with Crippen LogP contribution in [0.2, 0.25) is 0 Å². The number of fused-ring (bicyclic) bond motifs is 1. The molecule has 7 heteroatoms. The normalized spacial score (nSPS) is 19.8. The van der Waals surface area contributed by atoms with E-state index in [0.29, 0.717) is 18.0 Å². The highest BCUT2D eigenvalue weighted by molar-refractivity contribution is 7.14. The van der Waals surface area contributed by atoms with Crippen LogP contribution in [0.1, 0.15) is 12.8 Å². The van der Waals surface area contributed by atoms with E-state index in [-0.39, 0.29) is 30.2 Å². The summed E-state index contributed by atoms with van der Waals surface area (Å²) in [6, 6.07) is 18.2. The highest BCUT2D eigenvalue weighted by Gasteiger charge is 2.47. The number of thiazole rings is 1. The van der Waals surface area contributed by atoms with Gasteiger partial charge in [-0.05, 0) is 24.0 Å². The third kappa shape index (κ3) is 3.87. The van der Waals surface area contributed by atoms with Gasteiger partial charge in [0.25, 0.3) is 0 Å². The molecule has 2 heterocycles. The molecule has 0 spiro atoms. The van der Waals surface area contributed by atoms with E-state index in [1.165, 1.54) is 11.3 Å². The van der Waals surface area contributed by atoms with Gasteiger partial charge in [0.2, 0.25) is 17.7 Å². The molecule has 1 aromatic heterocycles. The number of nitrogens with zero attached hydrogens (tertiary/aromatic N) is 2. The third-order valence-corrected chi connectivity index (χ3v) is 6.70.